The molecule has 2 aromatic rings. The fourth-order valence-corrected chi connectivity index (χ4v) is 4.96. The molecule has 0 aliphatic carbocycles. The van der Waals surface area contributed by atoms with Crippen LogP contribution in [0.25, 0.3) is 6.08 Å². The van der Waals surface area contributed by atoms with Crippen LogP contribution in [0.5, 0.6) is 0 Å². The molecule has 5 nitrogen and oxygen atoms in total. The summed E-state index contributed by atoms with van der Waals surface area (Å²) < 4.78 is 6.52. The van der Waals surface area contributed by atoms with Crippen molar-refractivity contribution in [3.8, 4) is 0 Å². The quantitative estimate of drug-likeness (QED) is 0.485. The molecule has 0 unspecified atom stereocenters. The molecule has 2 aliphatic heterocycles. The van der Waals surface area contributed by atoms with Crippen molar-refractivity contribution < 1.29 is 9.53 Å². The van der Waals surface area contributed by atoms with E-state index in [2.05, 4.69) is 93.4 Å². The first kappa shape index (κ1) is 24.6. The van der Waals surface area contributed by atoms with E-state index < -0.39 is 0 Å². The number of morpholine rings is 1. The molecule has 6 heteroatoms. The highest BCUT2D eigenvalue weighted by Crippen LogP contribution is 2.41. The van der Waals surface area contributed by atoms with Gasteiger partial charge in [-0.25, -0.2) is 0 Å². The zero-order chi connectivity index (χ0) is 24.0. The standard InChI is InChI=1S/C28H34BrN3O2/c1-28(2)21-32(26-12-9-23(29)20-25(26)28)15-13-27(33)30-14-5-3-4-6-22-7-10-24(11-8-22)31-16-18-34-19-17-31/h3-12,20H,13-19,21H2,1-2H3,(H,30,33)/b5-3+,6-4+. The van der Waals surface area contributed by atoms with E-state index in [1.54, 1.807) is 0 Å². The van der Waals surface area contributed by atoms with E-state index in [1.165, 1.54) is 16.9 Å². The molecule has 2 heterocycles. The first-order valence-corrected chi connectivity index (χ1v) is 12.8. The Labute approximate surface area is 211 Å². The summed E-state index contributed by atoms with van der Waals surface area (Å²) >= 11 is 3.58. The number of carbonyl (C=O) groups excluding carboxylic acids is 1. The van der Waals surface area contributed by atoms with Gasteiger partial charge in [0, 0.05) is 60.4 Å². The molecule has 0 aromatic heterocycles. The summed E-state index contributed by atoms with van der Waals surface area (Å²) in [4.78, 5) is 17.0. The van der Waals surface area contributed by atoms with E-state index in [-0.39, 0.29) is 11.3 Å². The minimum absolute atomic E-state index is 0.0794. The van der Waals surface area contributed by atoms with Crippen LogP contribution in [0.1, 0.15) is 31.4 Å². The normalized spacial score (nSPS) is 17.5. The zero-order valence-corrected chi connectivity index (χ0v) is 21.7. The van der Waals surface area contributed by atoms with Crippen LogP contribution in [-0.2, 0) is 14.9 Å². The van der Waals surface area contributed by atoms with Gasteiger partial charge in [0.2, 0.25) is 5.91 Å². The highest BCUT2D eigenvalue weighted by atomic mass is 79.9. The van der Waals surface area contributed by atoms with Gasteiger partial charge >= 0.3 is 0 Å². The number of hydrogen-bond acceptors (Lipinski definition) is 4. The summed E-state index contributed by atoms with van der Waals surface area (Å²) in [5.41, 5.74) is 5.07. The predicted octanol–water partition coefficient (Wildman–Crippen LogP) is 5.16. The summed E-state index contributed by atoms with van der Waals surface area (Å²) in [6.07, 6.45) is 8.53. The molecule has 1 saturated heterocycles. The topological polar surface area (TPSA) is 44.8 Å². The van der Waals surface area contributed by atoms with Gasteiger partial charge in [0.15, 0.2) is 0 Å². The lowest BCUT2D eigenvalue weighted by Crippen LogP contribution is -2.36. The molecule has 2 aliphatic rings. The predicted molar refractivity (Wildman–Crippen MR) is 145 cm³/mol. The first-order valence-electron chi connectivity index (χ1n) is 12.0. The summed E-state index contributed by atoms with van der Waals surface area (Å²) in [6, 6.07) is 15.0. The van der Waals surface area contributed by atoms with E-state index in [0.717, 1.165) is 49.4 Å². The van der Waals surface area contributed by atoms with Gasteiger partial charge in [-0.3, -0.25) is 4.79 Å². The molecule has 4 rings (SSSR count). The molecule has 34 heavy (non-hydrogen) atoms. The largest absolute Gasteiger partial charge is 0.378 e. The molecule has 0 atom stereocenters. The monoisotopic (exact) mass is 523 g/mol. The lowest BCUT2D eigenvalue weighted by atomic mass is 9.87. The lowest BCUT2D eigenvalue weighted by Gasteiger charge is -2.28. The molecule has 0 saturated carbocycles. The van der Waals surface area contributed by atoms with Crippen LogP contribution in [0.4, 0.5) is 11.4 Å². The minimum atomic E-state index is 0.0794. The van der Waals surface area contributed by atoms with Gasteiger partial charge in [-0.2, -0.15) is 0 Å². The summed E-state index contributed by atoms with van der Waals surface area (Å²) in [5, 5.41) is 2.99. The van der Waals surface area contributed by atoms with Gasteiger partial charge in [0.25, 0.3) is 0 Å². The molecule has 0 radical (unpaired) electrons. The lowest BCUT2D eigenvalue weighted by molar-refractivity contribution is -0.120. The third-order valence-electron chi connectivity index (χ3n) is 6.45. The van der Waals surface area contributed by atoms with Crippen molar-refractivity contribution in [3.63, 3.8) is 0 Å². The van der Waals surface area contributed by atoms with Crippen LogP contribution in [0.15, 0.2) is 65.2 Å². The Morgan fingerprint density at radius 1 is 1.12 bits per heavy atom. The third kappa shape index (κ3) is 6.30. The van der Waals surface area contributed by atoms with Crippen molar-refractivity contribution in [1.82, 2.24) is 5.32 Å². The maximum atomic E-state index is 12.3. The molecular weight excluding hydrogens is 490 g/mol. The van der Waals surface area contributed by atoms with Crippen molar-refractivity contribution >= 4 is 39.3 Å². The number of halogens is 1. The van der Waals surface area contributed by atoms with Gasteiger partial charge in [-0.1, -0.05) is 66.2 Å². The number of hydrogen-bond donors (Lipinski definition) is 1. The molecule has 180 valence electrons. The zero-order valence-electron chi connectivity index (χ0n) is 20.1. The first-order chi connectivity index (χ1) is 16.4. The summed E-state index contributed by atoms with van der Waals surface area (Å²) in [7, 11) is 0. The number of carbonyl (C=O) groups is 1. The Bertz CT molecular complexity index is 1040. The Morgan fingerprint density at radius 2 is 1.88 bits per heavy atom. The Kier molecular flexibility index (Phi) is 8.11. The number of fused-ring (bicyclic) bond motifs is 1. The number of benzene rings is 2. The second-order valence-corrected chi connectivity index (χ2v) is 10.4. The van der Waals surface area contributed by atoms with Crippen molar-refractivity contribution in [2.24, 2.45) is 0 Å². The molecule has 0 bridgehead atoms. The van der Waals surface area contributed by atoms with Crippen LogP contribution in [-0.4, -0.2) is 51.8 Å². The van der Waals surface area contributed by atoms with Crippen molar-refractivity contribution in [1.29, 1.82) is 0 Å². The number of allylic oxidation sites excluding steroid dienone is 2. The van der Waals surface area contributed by atoms with Gasteiger partial charge in [0.1, 0.15) is 0 Å². The molecule has 1 N–H and O–H groups in total. The average Bonchev–Trinajstić information content (AvgIpc) is 3.10. The van der Waals surface area contributed by atoms with Crippen LogP contribution >= 0.6 is 15.9 Å². The Hall–Kier alpha value is -2.57. The van der Waals surface area contributed by atoms with Crippen molar-refractivity contribution in [3.05, 3.63) is 76.3 Å². The molecule has 1 amide bonds. The van der Waals surface area contributed by atoms with Crippen molar-refractivity contribution in [2.75, 3.05) is 55.7 Å². The highest BCUT2D eigenvalue weighted by molar-refractivity contribution is 9.10. The smallest absolute Gasteiger partial charge is 0.222 e. The summed E-state index contributed by atoms with van der Waals surface area (Å²) in [5.74, 6) is 0.0794. The molecular formula is C28H34BrN3O2. The number of rotatable bonds is 8. The van der Waals surface area contributed by atoms with E-state index in [4.69, 9.17) is 4.74 Å². The van der Waals surface area contributed by atoms with E-state index in [1.807, 2.05) is 18.2 Å². The Morgan fingerprint density at radius 3 is 2.65 bits per heavy atom. The van der Waals surface area contributed by atoms with Gasteiger partial charge in [-0.15, -0.1) is 0 Å². The van der Waals surface area contributed by atoms with Gasteiger partial charge in [-0.05, 0) is 41.5 Å². The number of anilines is 2. The molecule has 1 fully saturated rings. The minimum Gasteiger partial charge on any atom is -0.378 e. The fraction of sp³-hybridized carbons (Fsp3) is 0.393. The Balaban J connectivity index is 1.17. The maximum absolute atomic E-state index is 12.3. The van der Waals surface area contributed by atoms with E-state index in [0.29, 0.717) is 13.0 Å². The van der Waals surface area contributed by atoms with E-state index in [9.17, 15) is 4.79 Å². The number of nitrogens with zero attached hydrogens (tertiary/aromatic N) is 2. The number of ether oxygens (including phenoxy) is 1. The van der Waals surface area contributed by atoms with E-state index >= 15 is 0 Å². The fourth-order valence-electron chi connectivity index (χ4n) is 4.60. The van der Waals surface area contributed by atoms with Gasteiger partial charge < -0.3 is 19.9 Å². The summed E-state index contributed by atoms with van der Waals surface area (Å²) in [6.45, 7) is 10.2. The third-order valence-corrected chi connectivity index (χ3v) is 6.94. The van der Waals surface area contributed by atoms with Crippen LogP contribution in [0, 0.1) is 0 Å². The number of amides is 1. The maximum Gasteiger partial charge on any atom is 0.222 e. The van der Waals surface area contributed by atoms with Crippen LogP contribution in [0.2, 0.25) is 0 Å². The molecule has 2 aromatic carbocycles. The SMILES string of the molecule is CC1(C)CN(CCC(=O)NC/C=C/C=C/c2ccc(N3CCOCC3)cc2)c2ccc(Br)cc21. The van der Waals surface area contributed by atoms with Crippen molar-refractivity contribution in [2.45, 2.75) is 25.7 Å². The second kappa shape index (κ2) is 11.2. The second-order valence-electron chi connectivity index (χ2n) is 9.50. The van der Waals surface area contributed by atoms with Crippen LogP contribution < -0.4 is 15.1 Å². The number of nitrogens with one attached hydrogen (secondary N) is 1. The van der Waals surface area contributed by atoms with Gasteiger partial charge in [0.05, 0.1) is 13.2 Å². The highest BCUT2D eigenvalue weighted by Gasteiger charge is 2.34. The van der Waals surface area contributed by atoms with Crippen LogP contribution in [0.3, 0.4) is 0 Å². The average molecular weight is 525 g/mol. The molecule has 0 spiro atoms.